The fourth-order valence-electron chi connectivity index (χ4n) is 2.86. The number of benzene rings is 3. The molecule has 0 aliphatic heterocycles. The minimum absolute atomic E-state index is 0.0301. The summed E-state index contributed by atoms with van der Waals surface area (Å²) >= 11 is 0. The number of nitrogens with one attached hydrogen (secondary N) is 2. The molecule has 30 heavy (non-hydrogen) atoms. The SMILES string of the molecule is O=C(COc1cccc(NC(=O)C2CC2)c1)Nc1cccc(Oc2ccccc2)c1. The van der Waals surface area contributed by atoms with Crippen molar-refractivity contribution in [2.75, 3.05) is 17.2 Å². The Morgan fingerprint density at radius 2 is 1.40 bits per heavy atom. The fourth-order valence-corrected chi connectivity index (χ4v) is 2.86. The third kappa shape index (κ3) is 5.61. The molecule has 0 saturated heterocycles. The van der Waals surface area contributed by atoms with Gasteiger partial charge >= 0.3 is 0 Å². The Morgan fingerprint density at radius 3 is 2.13 bits per heavy atom. The van der Waals surface area contributed by atoms with Crippen LogP contribution in [0.4, 0.5) is 11.4 Å². The van der Waals surface area contributed by atoms with Crippen LogP contribution in [0.3, 0.4) is 0 Å². The van der Waals surface area contributed by atoms with E-state index in [9.17, 15) is 9.59 Å². The van der Waals surface area contributed by atoms with Crippen LogP contribution in [-0.4, -0.2) is 18.4 Å². The second-order valence-electron chi connectivity index (χ2n) is 7.07. The van der Waals surface area contributed by atoms with Crippen LogP contribution in [0.1, 0.15) is 12.8 Å². The van der Waals surface area contributed by atoms with Crippen LogP contribution in [0, 0.1) is 5.92 Å². The lowest BCUT2D eigenvalue weighted by Crippen LogP contribution is -2.20. The van der Waals surface area contributed by atoms with Gasteiger partial charge in [0.25, 0.3) is 5.91 Å². The van der Waals surface area contributed by atoms with E-state index in [1.165, 1.54) is 0 Å². The highest BCUT2D eigenvalue weighted by Gasteiger charge is 2.29. The number of hydrogen-bond donors (Lipinski definition) is 2. The number of ether oxygens (including phenoxy) is 2. The molecule has 4 rings (SSSR count). The number of hydrogen-bond acceptors (Lipinski definition) is 4. The van der Waals surface area contributed by atoms with Crippen molar-refractivity contribution >= 4 is 23.2 Å². The lowest BCUT2D eigenvalue weighted by Gasteiger charge is -2.11. The first-order chi connectivity index (χ1) is 14.7. The van der Waals surface area contributed by atoms with Gasteiger partial charge in [0.05, 0.1) is 0 Å². The Kier molecular flexibility index (Phi) is 5.94. The third-order valence-corrected chi connectivity index (χ3v) is 4.52. The predicted molar refractivity (Wildman–Crippen MR) is 115 cm³/mol. The molecule has 0 aromatic heterocycles. The number of amides is 2. The second kappa shape index (κ2) is 9.13. The van der Waals surface area contributed by atoms with Crippen LogP contribution in [0.5, 0.6) is 17.2 Å². The number of carbonyl (C=O) groups excluding carboxylic acids is 2. The molecule has 3 aromatic carbocycles. The van der Waals surface area contributed by atoms with E-state index in [0.717, 1.165) is 18.6 Å². The van der Waals surface area contributed by atoms with E-state index in [-0.39, 0.29) is 24.3 Å². The van der Waals surface area contributed by atoms with E-state index in [2.05, 4.69) is 10.6 Å². The summed E-state index contributed by atoms with van der Waals surface area (Å²) in [4.78, 5) is 24.1. The average Bonchev–Trinajstić information content (AvgIpc) is 3.59. The fraction of sp³-hybridized carbons (Fsp3) is 0.167. The molecule has 2 N–H and O–H groups in total. The molecule has 1 aliphatic rings. The summed E-state index contributed by atoms with van der Waals surface area (Å²) in [5.41, 5.74) is 1.28. The van der Waals surface area contributed by atoms with Crippen molar-refractivity contribution in [3.05, 3.63) is 78.9 Å². The van der Waals surface area contributed by atoms with Crippen molar-refractivity contribution in [2.24, 2.45) is 5.92 Å². The van der Waals surface area contributed by atoms with E-state index < -0.39 is 0 Å². The number of rotatable bonds is 8. The molecule has 0 radical (unpaired) electrons. The van der Waals surface area contributed by atoms with Crippen molar-refractivity contribution in [1.82, 2.24) is 0 Å². The summed E-state index contributed by atoms with van der Waals surface area (Å²) in [5.74, 6) is 1.72. The largest absolute Gasteiger partial charge is 0.484 e. The molecule has 6 heteroatoms. The zero-order valence-electron chi connectivity index (χ0n) is 16.3. The van der Waals surface area contributed by atoms with Gasteiger partial charge in [-0.15, -0.1) is 0 Å². The van der Waals surface area contributed by atoms with Crippen LogP contribution >= 0.6 is 0 Å². The van der Waals surface area contributed by atoms with E-state index in [1.54, 1.807) is 42.5 Å². The third-order valence-electron chi connectivity index (χ3n) is 4.52. The molecule has 0 spiro atoms. The highest BCUT2D eigenvalue weighted by molar-refractivity contribution is 5.94. The van der Waals surface area contributed by atoms with E-state index in [1.807, 2.05) is 36.4 Å². The summed E-state index contributed by atoms with van der Waals surface area (Å²) < 4.78 is 11.3. The molecule has 0 atom stereocenters. The summed E-state index contributed by atoms with van der Waals surface area (Å²) in [6.45, 7) is -0.149. The summed E-state index contributed by atoms with van der Waals surface area (Å²) in [5, 5.41) is 5.66. The van der Waals surface area contributed by atoms with Crippen LogP contribution in [0.15, 0.2) is 78.9 Å². The normalized spacial score (nSPS) is 12.7. The quantitative estimate of drug-likeness (QED) is 0.565. The second-order valence-corrected chi connectivity index (χ2v) is 7.07. The molecular formula is C24H22N2O4. The number of anilines is 2. The van der Waals surface area contributed by atoms with Gasteiger partial charge in [-0.3, -0.25) is 9.59 Å². The smallest absolute Gasteiger partial charge is 0.262 e. The minimum Gasteiger partial charge on any atom is -0.484 e. The molecule has 1 saturated carbocycles. The predicted octanol–water partition coefficient (Wildman–Crippen LogP) is 4.84. The molecule has 0 heterocycles. The van der Waals surface area contributed by atoms with Crippen molar-refractivity contribution in [2.45, 2.75) is 12.8 Å². The summed E-state index contributed by atoms with van der Waals surface area (Å²) in [7, 11) is 0. The molecule has 0 unspecified atom stereocenters. The lowest BCUT2D eigenvalue weighted by atomic mass is 10.3. The Bertz CT molecular complexity index is 1030. The highest BCUT2D eigenvalue weighted by atomic mass is 16.5. The van der Waals surface area contributed by atoms with Crippen molar-refractivity contribution in [3.63, 3.8) is 0 Å². The van der Waals surface area contributed by atoms with Crippen LogP contribution in [-0.2, 0) is 9.59 Å². The molecule has 2 amide bonds. The Hall–Kier alpha value is -3.80. The molecule has 0 bridgehead atoms. The zero-order chi connectivity index (χ0) is 20.8. The van der Waals surface area contributed by atoms with Crippen molar-refractivity contribution in [1.29, 1.82) is 0 Å². The van der Waals surface area contributed by atoms with Gasteiger partial charge in [-0.05, 0) is 49.2 Å². The first-order valence-corrected chi connectivity index (χ1v) is 9.82. The molecular weight excluding hydrogens is 380 g/mol. The monoisotopic (exact) mass is 402 g/mol. The van der Waals surface area contributed by atoms with E-state index in [4.69, 9.17) is 9.47 Å². The number of carbonyl (C=O) groups is 2. The van der Waals surface area contributed by atoms with Gasteiger partial charge < -0.3 is 20.1 Å². The first kappa shape index (κ1) is 19.5. The molecule has 152 valence electrons. The summed E-state index contributed by atoms with van der Waals surface area (Å²) in [6.07, 6.45) is 1.89. The van der Waals surface area contributed by atoms with Gasteiger partial charge in [-0.25, -0.2) is 0 Å². The summed E-state index contributed by atoms with van der Waals surface area (Å²) in [6, 6.07) is 23.6. The molecule has 1 fully saturated rings. The lowest BCUT2D eigenvalue weighted by molar-refractivity contribution is -0.118. The number of para-hydroxylation sites is 1. The first-order valence-electron chi connectivity index (χ1n) is 9.82. The maximum atomic E-state index is 12.3. The minimum atomic E-state index is -0.292. The van der Waals surface area contributed by atoms with Crippen molar-refractivity contribution < 1.29 is 19.1 Å². The van der Waals surface area contributed by atoms with Crippen LogP contribution in [0.25, 0.3) is 0 Å². The Morgan fingerprint density at radius 1 is 0.767 bits per heavy atom. The standard InChI is InChI=1S/C24H22N2O4/c27-23(16-29-21-10-4-7-19(14-21)26-24(28)17-12-13-17)25-18-6-5-11-22(15-18)30-20-8-2-1-3-9-20/h1-11,14-15,17H,12-13,16H2,(H,25,27)(H,26,28). The highest BCUT2D eigenvalue weighted by Crippen LogP contribution is 2.30. The van der Waals surface area contributed by atoms with E-state index >= 15 is 0 Å². The maximum absolute atomic E-state index is 12.3. The van der Waals surface area contributed by atoms with E-state index in [0.29, 0.717) is 22.9 Å². The van der Waals surface area contributed by atoms with Gasteiger partial charge in [0.2, 0.25) is 5.91 Å². The Labute approximate surface area is 174 Å². The van der Waals surface area contributed by atoms with Crippen molar-refractivity contribution in [3.8, 4) is 17.2 Å². The molecule has 6 nitrogen and oxygen atoms in total. The van der Waals surface area contributed by atoms with Gasteiger partial charge in [0, 0.05) is 29.4 Å². The van der Waals surface area contributed by atoms with Crippen LogP contribution in [0.2, 0.25) is 0 Å². The van der Waals surface area contributed by atoms with Crippen LogP contribution < -0.4 is 20.1 Å². The average molecular weight is 402 g/mol. The van der Waals surface area contributed by atoms with Gasteiger partial charge in [0.1, 0.15) is 17.2 Å². The topological polar surface area (TPSA) is 76.7 Å². The van der Waals surface area contributed by atoms with Gasteiger partial charge in [-0.2, -0.15) is 0 Å². The molecule has 3 aromatic rings. The maximum Gasteiger partial charge on any atom is 0.262 e. The van der Waals surface area contributed by atoms with Gasteiger partial charge in [-0.1, -0.05) is 30.3 Å². The molecule has 1 aliphatic carbocycles. The zero-order valence-corrected chi connectivity index (χ0v) is 16.3. The Balaban J connectivity index is 1.29. The van der Waals surface area contributed by atoms with Gasteiger partial charge in [0.15, 0.2) is 6.61 Å².